The van der Waals surface area contributed by atoms with Crippen LogP contribution in [0.15, 0.2) is 35.7 Å². The number of aromatic nitrogens is 2. The molecule has 0 spiro atoms. The monoisotopic (exact) mass is 317 g/mol. The Kier molecular flexibility index (Phi) is 4.71. The van der Waals surface area contributed by atoms with Gasteiger partial charge in [0, 0.05) is 12.2 Å². The van der Waals surface area contributed by atoms with E-state index in [9.17, 15) is 4.79 Å². The van der Waals surface area contributed by atoms with Crippen LogP contribution in [0.3, 0.4) is 0 Å². The zero-order valence-corrected chi connectivity index (χ0v) is 14.0. The summed E-state index contributed by atoms with van der Waals surface area (Å²) in [6.07, 6.45) is 7.42. The van der Waals surface area contributed by atoms with Gasteiger partial charge < -0.3 is 5.32 Å². The fourth-order valence-corrected chi connectivity index (χ4v) is 3.97. The molecule has 1 aliphatic carbocycles. The van der Waals surface area contributed by atoms with Crippen LogP contribution in [-0.2, 0) is 4.79 Å². The maximum Gasteiger partial charge on any atom is 0.230 e. The third-order valence-corrected chi connectivity index (χ3v) is 5.76. The van der Waals surface area contributed by atoms with E-state index in [2.05, 4.69) is 24.1 Å². The van der Waals surface area contributed by atoms with E-state index in [1.807, 2.05) is 35.0 Å². The molecule has 3 rings (SSSR count). The van der Waals surface area contributed by atoms with Crippen molar-refractivity contribution < 1.29 is 4.79 Å². The van der Waals surface area contributed by atoms with Crippen LogP contribution in [0.4, 0.5) is 0 Å². The van der Waals surface area contributed by atoms with Crippen LogP contribution in [0.25, 0.3) is 5.52 Å². The molecule has 2 aromatic heterocycles. The molecule has 2 aromatic rings. The number of fused-ring (bicyclic) bond motifs is 1. The van der Waals surface area contributed by atoms with E-state index >= 15 is 0 Å². The smallest absolute Gasteiger partial charge is 0.230 e. The Morgan fingerprint density at radius 3 is 3.14 bits per heavy atom. The average molecular weight is 317 g/mol. The highest BCUT2D eigenvalue weighted by Gasteiger charge is 2.28. The fourth-order valence-electron chi connectivity index (χ4n) is 3.19. The van der Waals surface area contributed by atoms with Crippen LogP contribution in [0, 0.1) is 11.8 Å². The summed E-state index contributed by atoms with van der Waals surface area (Å²) in [5, 5.41) is 4.08. The van der Waals surface area contributed by atoms with Crippen molar-refractivity contribution in [1.82, 2.24) is 14.7 Å². The van der Waals surface area contributed by atoms with Crippen molar-refractivity contribution in [3.63, 3.8) is 0 Å². The summed E-state index contributed by atoms with van der Waals surface area (Å²) in [4.78, 5) is 16.6. The number of rotatable bonds is 4. The van der Waals surface area contributed by atoms with Crippen LogP contribution >= 0.6 is 11.8 Å². The molecule has 1 fully saturated rings. The van der Waals surface area contributed by atoms with Gasteiger partial charge in [-0.25, -0.2) is 4.98 Å². The van der Waals surface area contributed by atoms with Crippen LogP contribution < -0.4 is 5.32 Å². The number of nitrogens with zero attached hydrogens (tertiary/aromatic N) is 2. The van der Waals surface area contributed by atoms with E-state index in [4.69, 9.17) is 0 Å². The predicted octanol–water partition coefficient (Wildman–Crippen LogP) is 3.37. The molecule has 5 heteroatoms. The van der Waals surface area contributed by atoms with E-state index in [1.165, 1.54) is 24.6 Å². The van der Waals surface area contributed by atoms with Gasteiger partial charge in [0.05, 0.1) is 17.5 Å². The van der Waals surface area contributed by atoms with Gasteiger partial charge in [0.15, 0.2) is 5.16 Å². The molecule has 1 amide bonds. The zero-order valence-electron chi connectivity index (χ0n) is 13.2. The first-order valence-electron chi connectivity index (χ1n) is 7.99. The van der Waals surface area contributed by atoms with Gasteiger partial charge in [-0.05, 0) is 30.4 Å². The van der Waals surface area contributed by atoms with Gasteiger partial charge in [0.2, 0.25) is 5.91 Å². The number of amides is 1. The minimum atomic E-state index is 0.114. The van der Waals surface area contributed by atoms with Crippen molar-refractivity contribution in [2.45, 2.75) is 44.3 Å². The second kappa shape index (κ2) is 6.73. The molecule has 0 unspecified atom stereocenters. The highest BCUT2D eigenvalue weighted by Crippen LogP contribution is 2.29. The van der Waals surface area contributed by atoms with Gasteiger partial charge >= 0.3 is 0 Å². The van der Waals surface area contributed by atoms with Gasteiger partial charge in [-0.15, -0.1) is 0 Å². The Bertz CT molecular complexity index is 654. The summed E-state index contributed by atoms with van der Waals surface area (Å²) >= 11 is 1.50. The number of imidazole rings is 1. The summed E-state index contributed by atoms with van der Waals surface area (Å²) in [5.74, 6) is 1.80. The van der Waals surface area contributed by atoms with E-state index < -0.39 is 0 Å². The average Bonchev–Trinajstić information content (AvgIpc) is 2.93. The summed E-state index contributed by atoms with van der Waals surface area (Å²) < 4.78 is 2.02. The van der Waals surface area contributed by atoms with Crippen LogP contribution in [0.1, 0.15) is 33.1 Å². The lowest BCUT2D eigenvalue weighted by molar-refractivity contribution is -0.120. The van der Waals surface area contributed by atoms with Gasteiger partial charge in [0.1, 0.15) is 0 Å². The Morgan fingerprint density at radius 2 is 2.27 bits per heavy atom. The number of carbonyl (C=O) groups is 1. The van der Waals surface area contributed by atoms with Crippen molar-refractivity contribution in [1.29, 1.82) is 0 Å². The first-order valence-corrected chi connectivity index (χ1v) is 8.98. The predicted molar refractivity (Wildman–Crippen MR) is 90.0 cm³/mol. The van der Waals surface area contributed by atoms with Crippen molar-refractivity contribution in [3.8, 4) is 0 Å². The maximum absolute atomic E-state index is 12.2. The van der Waals surface area contributed by atoms with E-state index in [-0.39, 0.29) is 5.91 Å². The number of thioether (sulfide) groups is 1. The zero-order chi connectivity index (χ0) is 15.5. The van der Waals surface area contributed by atoms with Crippen LogP contribution in [0.2, 0.25) is 0 Å². The Hall–Kier alpha value is -1.49. The molecule has 2 heterocycles. The number of hydrogen-bond acceptors (Lipinski definition) is 3. The third-order valence-electron chi connectivity index (χ3n) is 4.79. The van der Waals surface area contributed by atoms with Crippen molar-refractivity contribution in [3.05, 3.63) is 30.6 Å². The molecule has 22 heavy (non-hydrogen) atoms. The first kappa shape index (κ1) is 15.4. The summed E-state index contributed by atoms with van der Waals surface area (Å²) in [5.41, 5.74) is 1.06. The highest BCUT2D eigenvalue weighted by molar-refractivity contribution is 7.99. The highest BCUT2D eigenvalue weighted by atomic mass is 32.2. The molecule has 3 atom stereocenters. The van der Waals surface area contributed by atoms with E-state index in [1.54, 1.807) is 0 Å². The molecule has 1 aliphatic rings. The van der Waals surface area contributed by atoms with Crippen molar-refractivity contribution in [2.75, 3.05) is 5.75 Å². The largest absolute Gasteiger partial charge is 0.352 e. The Labute approximate surface area is 135 Å². The molecule has 0 aromatic carbocycles. The van der Waals surface area contributed by atoms with Crippen LogP contribution in [0.5, 0.6) is 0 Å². The normalized spacial score (nSPS) is 25.3. The molecule has 1 N–H and O–H groups in total. The van der Waals surface area contributed by atoms with E-state index in [0.29, 0.717) is 23.6 Å². The standard InChI is InChI=1S/C17H23N3OS/c1-12-6-5-8-15(13(12)2)19-16(21)11-22-17-18-10-14-7-3-4-9-20(14)17/h3-4,7,9-10,12-13,15H,5-6,8,11H2,1-2H3,(H,19,21)/t12-,13-,15+/m1/s1. The van der Waals surface area contributed by atoms with Crippen molar-refractivity contribution in [2.24, 2.45) is 11.8 Å². The first-order chi connectivity index (χ1) is 10.6. The molecular weight excluding hydrogens is 294 g/mol. The lowest BCUT2D eigenvalue weighted by Crippen LogP contribution is -2.44. The fraction of sp³-hybridized carbons (Fsp3) is 0.529. The summed E-state index contributed by atoms with van der Waals surface area (Å²) in [7, 11) is 0. The second-order valence-electron chi connectivity index (χ2n) is 6.27. The summed E-state index contributed by atoms with van der Waals surface area (Å²) in [6.45, 7) is 4.54. The number of hydrogen-bond donors (Lipinski definition) is 1. The van der Waals surface area contributed by atoms with Crippen molar-refractivity contribution >= 4 is 23.2 Å². The van der Waals surface area contributed by atoms with Gasteiger partial charge in [-0.1, -0.05) is 44.5 Å². The maximum atomic E-state index is 12.2. The lowest BCUT2D eigenvalue weighted by Gasteiger charge is -2.34. The molecule has 0 saturated heterocycles. The number of nitrogens with one attached hydrogen (secondary N) is 1. The quantitative estimate of drug-likeness (QED) is 0.880. The van der Waals surface area contributed by atoms with Crippen LogP contribution in [-0.4, -0.2) is 27.1 Å². The van der Waals surface area contributed by atoms with Gasteiger partial charge in [-0.2, -0.15) is 0 Å². The third kappa shape index (κ3) is 3.29. The molecule has 4 nitrogen and oxygen atoms in total. The second-order valence-corrected chi connectivity index (χ2v) is 7.21. The molecule has 0 radical (unpaired) electrons. The SMILES string of the molecule is C[C@@H]1[C@H](C)CCC[C@@H]1NC(=O)CSc1ncc2ccccn12. The molecular formula is C17H23N3OS. The lowest BCUT2D eigenvalue weighted by atomic mass is 9.78. The Morgan fingerprint density at radius 1 is 1.41 bits per heavy atom. The topological polar surface area (TPSA) is 46.4 Å². The number of pyridine rings is 1. The van der Waals surface area contributed by atoms with Gasteiger partial charge in [-0.3, -0.25) is 9.20 Å². The minimum absolute atomic E-state index is 0.114. The summed E-state index contributed by atoms with van der Waals surface area (Å²) in [6, 6.07) is 6.31. The molecule has 1 saturated carbocycles. The Balaban J connectivity index is 1.56. The molecule has 0 aliphatic heterocycles. The van der Waals surface area contributed by atoms with E-state index in [0.717, 1.165) is 17.1 Å². The minimum Gasteiger partial charge on any atom is -0.352 e. The molecule has 0 bridgehead atoms. The van der Waals surface area contributed by atoms with Gasteiger partial charge in [0.25, 0.3) is 0 Å². The molecule has 118 valence electrons. The number of carbonyl (C=O) groups excluding carboxylic acids is 1.